The number of hydrogen-bond donors (Lipinski definition) is 0. The zero-order valence-electron chi connectivity index (χ0n) is 17.5. The summed E-state index contributed by atoms with van der Waals surface area (Å²) in [6.45, 7) is 6.46. The number of aromatic nitrogens is 2. The van der Waals surface area contributed by atoms with Crippen LogP contribution in [-0.4, -0.2) is 17.1 Å². The normalized spacial score (nSPS) is 11.1. The molecule has 3 rings (SSSR count). The lowest BCUT2D eigenvalue weighted by Crippen LogP contribution is -2.10. The van der Waals surface area contributed by atoms with Crippen LogP contribution in [0.5, 0.6) is 5.75 Å². The molecule has 1 aromatic heterocycles. The molecule has 0 atom stereocenters. The van der Waals surface area contributed by atoms with Crippen molar-refractivity contribution in [2.45, 2.75) is 26.2 Å². The largest absolute Gasteiger partial charge is 0.497 e. The van der Waals surface area contributed by atoms with Gasteiger partial charge in [0.15, 0.2) is 11.4 Å². The maximum atomic E-state index is 9.39. The molecule has 0 aliphatic rings. The van der Waals surface area contributed by atoms with Crippen LogP contribution >= 0.6 is 0 Å². The van der Waals surface area contributed by atoms with Crippen LogP contribution in [-0.2, 0) is 5.41 Å². The van der Waals surface area contributed by atoms with Gasteiger partial charge in [-0.25, -0.2) is 9.97 Å². The molecule has 30 heavy (non-hydrogen) atoms. The zero-order chi connectivity index (χ0) is 21.7. The molecule has 0 saturated carbocycles. The molecule has 5 heteroatoms. The Labute approximate surface area is 176 Å². The molecule has 0 unspecified atom stereocenters. The first kappa shape index (κ1) is 20.8. The number of benzene rings is 2. The minimum atomic E-state index is 0.0157. The maximum Gasteiger partial charge on any atom is 0.177 e. The van der Waals surface area contributed by atoms with Gasteiger partial charge in [-0.1, -0.05) is 63.2 Å². The average molecular weight is 394 g/mol. The third-order valence-electron chi connectivity index (χ3n) is 4.71. The van der Waals surface area contributed by atoms with Crippen molar-refractivity contribution in [3.8, 4) is 29.1 Å². The second-order valence-electron chi connectivity index (χ2n) is 7.81. The summed E-state index contributed by atoms with van der Waals surface area (Å²) in [5.41, 5.74) is 4.16. The Morgan fingerprint density at radius 1 is 0.833 bits per heavy atom. The van der Waals surface area contributed by atoms with Gasteiger partial charge in [0.2, 0.25) is 0 Å². The van der Waals surface area contributed by atoms with E-state index in [9.17, 15) is 10.5 Å². The lowest BCUT2D eigenvalue weighted by molar-refractivity contribution is 0.415. The molecule has 148 valence electrons. The highest BCUT2D eigenvalue weighted by Crippen LogP contribution is 2.28. The van der Waals surface area contributed by atoms with Gasteiger partial charge in [-0.2, -0.15) is 10.5 Å². The second kappa shape index (κ2) is 8.59. The second-order valence-corrected chi connectivity index (χ2v) is 7.81. The van der Waals surface area contributed by atoms with Crippen molar-refractivity contribution in [2.24, 2.45) is 0 Å². The number of nitriles is 2. The summed E-state index contributed by atoms with van der Waals surface area (Å²) in [4.78, 5) is 8.85. The Balaban J connectivity index is 2.08. The van der Waals surface area contributed by atoms with E-state index >= 15 is 0 Å². The third-order valence-corrected chi connectivity index (χ3v) is 4.71. The van der Waals surface area contributed by atoms with Gasteiger partial charge in [-0.05, 0) is 34.8 Å². The first-order chi connectivity index (χ1) is 14.4. The van der Waals surface area contributed by atoms with Gasteiger partial charge in [-0.15, -0.1) is 0 Å². The number of rotatable bonds is 4. The van der Waals surface area contributed by atoms with E-state index in [2.05, 4.69) is 42.9 Å². The van der Waals surface area contributed by atoms with Crippen LogP contribution in [0.25, 0.3) is 23.4 Å². The van der Waals surface area contributed by atoms with E-state index in [1.54, 1.807) is 7.11 Å². The summed E-state index contributed by atoms with van der Waals surface area (Å²) >= 11 is 0. The molecule has 1 heterocycles. The summed E-state index contributed by atoms with van der Waals surface area (Å²) in [5.74, 6) is 0.775. The van der Waals surface area contributed by atoms with Crippen molar-refractivity contribution < 1.29 is 4.74 Å². The Hall–Kier alpha value is -3.96. The van der Waals surface area contributed by atoms with Crippen molar-refractivity contribution in [3.05, 3.63) is 76.7 Å². The van der Waals surface area contributed by atoms with Crippen LogP contribution in [0.3, 0.4) is 0 Å². The van der Waals surface area contributed by atoms with Crippen LogP contribution in [0.4, 0.5) is 0 Å². The molecular formula is C25H22N4O. The molecule has 0 bridgehead atoms. The molecule has 0 spiro atoms. The van der Waals surface area contributed by atoms with E-state index in [1.807, 2.05) is 60.7 Å². The summed E-state index contributed by atoms with van der Waals surface area (Å²) < 4.78 is 5.19. The molecule has 2 aromatic carbocycles. The number of methoxy groups -OCH3 is 1. The SMILES string of the molecule is COc1ccc(/C=C/c2nc(C#N)c(C#N)nc2-c2ccc(C(C)(C)C)cc2)cc1. The molecule has 3 aromatic rings. The van der Waals surface area contributed by atoms with Gasteiger partial charge < -0.3 is 4.74 Å². The lowest BCUT2D eigenvalue weighted by atomic mass is 9.86. The topological polar surface area (TPSA) is 82.6 Å². The van der Waals surface area contributed by atoms with E-state index in [4.69, 9.17) is 4.74 Å². The van der Waals surface area contributed by atoms with E-state index < -0.39 is 0 Å². The van der Waals surface area contributed by atoms with Crippen molar-refractivity contribution in [1.82, 2.24) is 9.97 Å². The van der Waals surface area contributed by atoms with Crippen LogP contribution in [0.2, 0.25) is 0 Å². The quantitative estimate of drug-likeness (QED) is 0.594. The van der Waals surface area contributed by atoms with E-state index in [-0.39, 0.29) is 16.8 Å². The lowest BCUT2D eigenvalue weighted by Gasteiger charge is -2.19. The number of nitrogens with zero attached hydrogens (tertiary/aromatic N) is 4. The standard InChI is InChI=1S/C25H22N4O/c1-25(2,3)19-10-8-18(9-11-19)24-21(28-22(15-26)23(16-27)29-24)14-7-17-5-12-20(30-4)13-6-17/h5-14H,1-4H3/b14-7+. The monoisotopic (exact) mass is 394 g/mol. The highest BCUT2D eigenvalue weighted by molar-refractivity contribution is 5.77. The van der Waals surface area contributed by atoms with Gasteiger partial charge in [0.05, 0.1) is 18.5 Å². The average Bonchev–Trinajstić information content (AvgIpc) is 2.76. The summed E-state index contributed by atoms with van der Waals surface area (Å²) in [6, 6.07) is 19.6. The van der Waals surface area contributed by atoms with Crippen molar-refractivity contribution in [3.63, 3.8) is 0 Å². The fraction of sp³-hybridized carbons (Fsp3) is 0.200. The minimum Gasteiger partial charge on any atom is -0.497 e. The van der Waals surface area contributed by atoms with E-state index in [0.29, 0.717) is 11.4 Å². The molecule has 0 saturated heterocycles. The molecule has 0 aliphatic carbocycles. The molecule has 0 aliphatic heterocycles. The Kier molecular flexibility index (Phi) is 5.95. The zero-order valence-corrected chi connectivity index (χ0v) is 17.5. The smallest absolute Gasteiger partial charge is 0.177 e. The van der Waals surface area contributed by atoms with Crippen LogP contribution in [0, 0.1) is 22.7 Å². The fourth-order valence-corrected chi connectivity index (χ4v) is 2.95. The van der Waals surface area contributed by atoms with Crippen LogP contribution in [0.15, 0.2) is 48.5 Å². The summed E-state index contributed by atoms with van der Waals surface area (Å²) in [6.07, 6.45) is 3.70. The van der Waals surface area contributed by atoms with Gasteiger partial charge >= 0.3 is 0 Å². The van der Waals surface area contributed by atoms with Crippen molar-refractivity contribution >= 4 is 12.2 Å². The predicted molar refractivity (Wildman–Crippen MR) is 118 cm³/mol. The van der Waals surface area contributed by atoms with Crippen molar-refractivity contribution in [1.29, 1.82) is 10.5 Å². The molecule has 0 fully saturated rings. The van der Waals surface area contributed by atoms with E-state index in [1.165, 1.54) is 5.56 Å². The highest BCUT2D eigenvalue weighted by atomic mass is 16.5. The molecule has 0 amide bonds. The molecule has 0 radical (unpaired) electrons. The maximum absolute atomic E-state index is 9.39. The minimum absolute atomic E-state index is 0.0157. The molecular weight excluding hydrogens is 372 g/mol. The number of hydrogen-bond acceptors (Lipinski definition) is 5. The first-order valence-electron chi connectivity index (χ1n) is 9.51. The fourth-order valence-electron chi connectivity index (χ4n) is 2.95. The molecule has 0 N–H and O–H groups in total. The molecule has 5 nitrogen and oxygen atoms in total. The van der Waals surface area contributed by atoms with Gasteiger partial charge in [0.25, 0.3) is 0 Å². The van der Waals surface area contributed by atoms with Crippen LogP contribution < -0.4 is 4.74 Å². The Bertz CT molecular complexity index is 1160. The van der Waals surface area contributed by atoms with Gasteiger partial charge in [0.1, 0.15) is 17.9 Å². The van der Waals surface area contributed by atoms with Gasteiger partial charge in [-0.3, -0.25) is 0 Å². The summed E-state index contributed by atoms with van der Waals surface area (Å²) in [5, 5.41) is 18.7. The number of ether oxygens (including phenoxy) is 1. The first-order valence-corrected chi connectivity index (χ1v) is 9.51. The van der Waals surface area contributed by atoms with Crippen molar-refractivity contribution in [2.75, 3.05) is 7.11 Å². The predicted octanol–water partition coefficient (Wildman–Crippen LogP) is 5.36. The Morgan fingerprint density at radius 2 is 1.43 bits per heavy atom. The highest BCUT2D eigenvalue weighted by Gasteiger charge is 2.16. The van der Waals surface area contributed by atoms with Crippen LogP contribution in [0.1, 0.15) is 49.0 Å². The Morgan fingerprint density at radius 3 is 1.97 bits per heavy atom. The van der Waals surface area contributed by atoms with Gasteiger partial charge in [0, 0.05) is 5.56 Å². The third kappa shape index (κ3) is 4.54. The van der Waals surface area contributed by atoms with E-state index in [0.717, 1.165) is 16.9 Å². The summed E-state index contributed by atoms with van der Waals surface area (Å²) in [7, 11) is 1.62.